The maximum absolute atomic E-state index is 11.4. The van der Waals surface area contributed by atoms with E-state index >= 15 is 0 Å². The molecule has 1 aliphatic rings. The van der Waals surface area contributed by atoms with Crippen molar-refractivity contribution in [3.63, 3.8) is 0 Å². The summed E-state index contributed by atoms with van der Waals surface area (Å²) in [5, 5.41) is 12.5. The number of hydrogen-bond donors (Lipinski definition) is 2. The molecule has 136 valence electrons. The molecule has 1 aliphatic heterocycles. The van der Waals surface area contributed by atoms with E-state index in [-0.39, 0.29) is 5.92 Å². The number of carboxylic acid groups (broad SMARTS) is 1. The quantitative estimate of drug-likeness (QED) is 0.703. The van der Waals surface area contributed by atoms with Crippen molar-refractivity contribution in [2.75, 3.05) is 13.1 Å². The second-order valence-corrected chi connectivity index (χ2v) is 6.98. The molecule has 3 heteroatoms. The van der Waals surface area contributed by atoms with Gasteiger partial charge in [0.25, 0.3) is 0 Å². The molecule has 0 spiro atoms. The first kappa shape index (κ1) is 18.4. The van der Waals surface area contributed by atoms with Crippen LogP contribution >= 0.6 is 0 Å². The number of piperidine rings is 1. The van der Waals surface area contributed by atoms with Gasteiger partial charge in [0, 0.05) is 6.54 Å². The van der Waals surface area contributed by atoms with Crippen molar-refractivity contribution >= 4 is 12.0 Å². The minimum absolute atomic E-state index is 0.230. The Hall–Kier alpha value is -2.39. The number of carboxylic acids is 1. The molecular weight excluding hydrogens is 322 g/mol. The van der Waals surface area contributed by atoms with Crippen LogP contribution in [0.3, 0.4) is 0 Å². The Balaban J connectivity index is 1.56. The van der Waals surface area contributed by atoms with E-state index in [0.29, 0.717) is 12.5 Å². The molecule has 2 aromatic rings. The van der Waals surface area contributed by atoms with Crippen molar-refractivity contribution in [3.8, 4) is 11.1 Å². The zero-order valence-corrected chi connectivity index (χ0v) is 15.1. The van der Waals surface area contributed by atoms with Crippen LogP contribution in [0, 0.1) is 11.8 Å². The van der Waals surface area contributed by atoms with Crippen LogP contribution < -0.4 is 5.32 Å². The lowest BCUT2D eigenvalue weighted by Gasteiger charge is -2.29. The van der Waals surface area contributed by atoms with Gasteiger partial charge in [-0.05, 0) is 54.8 Å². The Kier molecular flexibility index (Phi) is 6.62. The van der Waals surface area contributed by atoms with E-state index in [4.69, 9.17) is 0 Å². The first-order valence-electron chi connectivity index (χ1n) is 9.50. The highest BCUT2D eigenvalue weighted by atomic mass is 16.4. The fourth-order valence-corrected chi connectivity index (χ4v) is 3.78. The van der Waals surface area contributed by atoms with Gasteiger partial charge in [-0.15, -0.1) is 0 Å². The summed E-state index contributed by atoms with van der Waals surface area (Å²) < 4.78 is 0. The van der Waals surface area contributed by atoms with Crippen LogP contribution in [-0.2, 0) is 4.79 Å². The van der Waals surface area contributed by atoms with E-state index in [9.17, 15) is 9.90 Å². The van der Waals surface area contributed by atoms with Crippen LogP contribution in [0.5, 0.6) is 0 Å². The summed E-state index contributed by atoms with van der Waals surface area (Å²) in [6, 6.07) is 18.9. The summed E-state index contributed by atoms with van der Waals surface area (Å²) in [5.41, 5.74) is 3.70. The number of aliphatic carboxylic acids is 1. The van der Waals surface area contributed by atoms with E-state index in [1.165, 1.54) is 16.7 Å². The molecule has 1 heterocycles. The van der Waals surface area contributed by atoms with Gasteiger partial charge in [-0.2, -0.15) is 0 Å². The molecule has 0 bridgehead atoms. The second-order valence-electron chi connectivity index (χ2n) is 6.98. The number of carbonyl (C=O) groups is 1. The van der Waals surface area contributed by atoms with Crippen molar-refractivity contribution in [1.29, 1.82) is 0 Å². The van der Waals surface area contributed by atoms with E-state index in [1.54, 1.807) is 0 Å². The van der Waals surface area contributed by atoms with Gasteiger partial charge in [0.05, 0.1) is 5.92 Å². The second kappa shape index (κ2) is 9.35. The highest BCUT2D eigenvalue weighted by molar-refractivity contribution is 5.75. The molecule has 2 N–H and O–H groups in total. The minimum atomic E-state index is -0.658. The van der Waals surface area contributed by atoms with Crippen molar-refractivity contribution in [3.05, 3.63) is 66.2 Å². The lowest BCUT2D eigenvalue weighted by Crippen LogP contribution is -2.40. The summed E-state index contributed by atoms with van der Waals surface area (Å²) >= 11 is 0. The Morgan fingerprint density at radius 2 is 1.88 bits per heavy atom. The summed E-state index contributed by atoms with van der Waals surface area (Å²) in [6.07, 6.45) is 8.40. The van der Waals surface area contributed by atoms with Crippen LogP contribution in [0.15, 0.2) is 60.7 Å². The maximum atomic E-state index is 11.4. The van der Waals surface area contributed by atoms with Gasteiger partial charge in [-0.3, -0.25) is 4.79 Å². The number of hydrogen-bond acceptors (Lipinski definition) is 2. The highest BCUT2D eigenvalue weighted by Gasteiger charge is 2.29. The molecule has 3 nitrogen and oxygen atoms in total. The largest absolute Gasteiger partial charge is 0.481 e. The Bertz CT molecular complexity index is 739. The Morgan fingerprint density at radius 1 is 1.12 bits per heavy atom. The number of allylic oxidation sites excluding steroid dienone is 1. The molecule has 0 saturated carbocycles. The molecule has 2 atom stereocenters. The smallest absolute Gasteiger partial charge is 0.308 e. The zero-order valence-electron chi connectivity index (χ0n) is 15.1. The molecule has 2 aromatic carbocycles. The van der Waals surface area contributed by atoms with Gasteiger partial charge >= 0.3 is 5.97 Å². The number of rotatable bonds is 7. The predicted molar refractivity (Wildman–Crippen MR) is 107 cm³/mol. The Morgan fingerprint density at radius 3 is 2.69 bits per heavy atom. The fourth-order valence-electron chi connectivity index (χ4n) is 3.78. The normalized spacial score (nSPS) is 20.3. The molecule has 0 amide bonds. The molecule has 1 fully saturated rings. The summed E-state index contributed by atoms with van der Waals surface area (Å²) in [5.74, 6) is -0.583. The molecule has 0 aromatic heterocycles. The minimum Gasteiger partial charge on any atom is -0.481 e. The van der Waals surface area contributed by atoms with Crippen molar-refractivity contribution < 1.29 is 9.90 Å². The predicted octanol–water partition coefficient (Wildman–Crippen LogP) is 4.85. The van der Waals surface area contributed by atoms with Gasteiger partial charge < -0.3 is 10.4 Å². The molecule has 0 unspecified atom stereocenters. The van der Waals surface area contributed by atoms with Crippen molar-refractivity contribution in [2.24, 2.45) is 11.8 Å². The summed E-state index contributed by atoms with van der Waals surface area (Å²) in [7, 11) is 0. The van der Waals surface area contributed by atoms with E-state index < -0.39 is 5.97 Å². The van der Waals surface area contributed by atoms with Crippen LogP contribution in [-0.4, -0.2) is 24.2 Å². The SMILES string of the molecule is O=C(O)[C@H]1CNCC[C@@H]1CCC/C=C/c1ccccc1-c1ccccc1. The number of benzene rings is 2. The van der Waals surface area contributed by atoms with Crippen molar-refractivity contribution in [1.82, 2.24) is 5.32 Å². The van der Waals surface area contributed by atoms with Gasteiger partial charge in [0.15, 0.2) is 0 Å². The van der Waals surface area contributed by atoms with E-state index in [2.05, 4.69) is 66.0 Å². The Labute approximate surface area is 155 Å². The molecule has 0 radical (unpaired) electrons. The lowest BCUT2D eigenvalue weighted by molar-refractivity contribution is -0.144. The van der Waals surface area contributed by atoms with Gasteiger partial charge in [-0.25, -0.2) is 0 Å². The van der Waals surface area contributed by atoms with E-state index in [1.807, 2.05) is 6.07 Å². The molecule has 0 aliphatic carbocycles. The van der Waals surface area contributed by atoms with Crippen LogP contribution in [0.25, 0.3) is 17.2 Å². The van der Waals surface area contributed by atoms with Crippen LogP contribution in [0.1, 0.15) is 31.2 Å². The van der Waals surface area contributed by atoms with E-state index in [0.717, 1.165) is 32.2 Å². The first-order chi connectivity index (χ1) is 12.8. The standard InChI is InChI=1S/C23H27NO2/c25-23(26)22-17-24-16-15-20(22)12-6-2-5-11-19-13-7-8-14-21(19)18-9-3-1-4-10-18/h1,3-5,7-11,13-14,20,22,24H,2,6,12,15-17H2,(H,25,26)/b11-5+/t20-,22-/m0/s1. The third-order valence-corrected chi connectivity index (χ3v) is 5.23. The molecule has 1 saturated heterocycles. The summed E-state index contributed by atoms with van der Waals surface area (Å²) in [4.78, 5) is 11.4. The maximum Gasteiger partial charge on any atom is 0.308 e. The average molecular weight is 349 g/mol. The van der Waals surface area contributed by atoms with Crippen LogP contribution in [0.2, 0.25) is 0 Å². The fraction of sp³-hybridized carbons (Fsp3) is 0.348. The third-order valence-electron chi connectivity index (χ3n) is 5.23. The third kappa shape index (κ3) is 4.83. The molecular formula is C23H27NO2. The van der Waals surface area contributed by atoms with Gasteiger partial charge in [0.2, 0.25) is 0 Å². The highest BCUT2D eigenvalue weighted by Crippen LogP contribution is 2.26. The van der Waals surface area contributed by atoms with Gasteiger partial charge in [-0.1, -0.05) is 66.7 Å². The van der Waals surface area contributed by atoms with Crippen molar-refractivity contribution in [2.45, 2.75) is 25.7 Å². The molecule has 26 heavy (non-hydrogen) atoms. The van der Waals surface area contributed by atoms with Crippen LogP contribution in [0.4, 0.5) is 0 Å². The zero-order chi connectivity index (χ0) is 18.2. The van der Waals surface area contributed by atoms with Gasteiger partial charge in [0.1, 0.15) is 0 Å². The average Bonchev–Trinajstić information content (AvgIpc) is 2.69. The topological polar surface area (TPSA) is 49.3 Å². The molecule has 3 rings (SSSR count). The first-order valence-corrected chi connectivity index (χ1v) is 9.50. The summed E-state index contributed by atoms with van der Waals surface area (Å²) in [6.45, 7) is 1.55. The number of unbranched alkanes of at least 4 members (excludes halogenated alkanes) is 1. The lowest BCUT2D eigenvalue weighted by atomic mass is 9.83. The number of nitrogens with one attached hydrogen (secondary N) is 1. The monoisotopic (exact) mass is 349 g/mol.